The van der Waals surface area contributed by atoms with Gasteiger partial charge in [0.05, 0.1) is 34.3 Å². The molecule has 0 aliphatic carbocycles. The molecular weight excluding hydrogens is 667 g/mol. The van der Waals surface area contributed by atoms with Crippen molar-refractivity contribution >= 4 is 21.8 Å². The van der Waals surface area contributed by atoms with Crippen molar-refractivity contribution in [3.8, 4) is 51.2 Å². The molecule has 0 atom stereocenters. The van der Waals surface area contributed by atoms with E-state index in [0.29, 0.717) is 24.0 Å². The Bertz CT molecular complexity index is 2920. The summed E-state index contributed by atoms with van der Waals surface area (Å²) in [5.74, 6) is 0. The Kier molecular flexibility index (Phi) is 8.81. The van der Waals surface area contributed by atoms with Crippen molar-refractivity contribution in [2.75, 3.05) is 0 Å². The van der Waals surface area contributed by atoms with Gasteiger partial charge in [-0.2, -0.15) is 10.5 Å². The summed E-state index contributed by atoms with van der Waals surface area (Å²) >= 11 is 0. The molecule has 1 aromatic heterocycles. The second-order valence-corrected chi connectivity index (χ2v) is 13.9. The zero-order valence-corrected chi connectivity index (χ0v) is 30.2. The molecule has 0 fully saturated rings. The van der Waals surface area contributed by atoms with Crippen molar-refractivity contribution in [3.05, 3.63) is 221 Å². The lowest BCUT2D eigenvalue weighted by atomic mass is 9.88. The lowest BCUT2D eigenvalue weighted by molar-refractivity contribution is 1.17. The fraction of sp³-hybridized carbons (Fsp3) is 0.0385. The van der Waals surface area contributed by atoms with Crippen LogP contribution in [0.5, 0.6) is 0 Å². The normalized spacial score (nSPS) is 11.0. The van der Waals surface area contributed by atoms with Crippen molar-refractivity contribution in [1.82, 2.24) is 4.57 Å². The van der Waals surface area contributed by atoms with Crippen molar-refractivity contribution < 1.29 is 0 Å². The molecule has 3 nitrogen and oxygen atoms in total. The Labute approximate surface area is 321 Å². The highest BCUT2D eigenvalue weighted by atomic mass is 15.0. The molecule has 8 aromatic carbocycles. The Morgan fingerprint density at radius 2 is 0.891 bits per heavy atom. The zero-order valence-electron chi connectivity index (χ0n) is 30.2. The Hall–Kier alpha value is -7.46. The minimum Gasteiger partial charge on any atom is -0.309 e. The number of aromatic nitrogens is 1. The number of benzene rings is 8. The maximum atomic E-state index is 10.5. The highest BCUT2D eigenvalue weighted by Gasteiger charge is 2.16. The molecule has 258 valence electrons. The second kappa shape index (κ2) is 14.5. The van der Waals surface area contributed by atoms with E-state index < -0.39 is 0 Å². The van der Waals surface area contributed by atoms with Crippen LogP contribution in [-0.2, 0) is 12.8 Å². The molecule has 0 aliphatic heterocycles. The Balaban J connectivity index is 1.05. The van der Waals surface area contributed by atoms with E-state index in [9.17, 15) is 10.5 Å². The molecule has 0 unspecified atom stereocenters. The highest BCUT2D eigenvalue weighted by molar-refractivity contribution is 6.09. The van der Waals surface area contributed by atoms with Gasteiger partial charge in [0.15, 0.2) is 0 Å². The summed E-state index contributed by atoms with van der Waals surface area (Å²) in [6, 6.07) is 70.2. The fourth-order valence-corrected chi connectivity index (χ4v) is 8.11. The van der Waals surface area contributed by atoms with Crippen LogP contribution in [0.15, 0.2) is 188 Å². The van der Waals surface area contributed by atoms with Gasteiger partial charge in [0.2, 0.25) is 0 Å². The van der Waals surface area contributed by atoms with Gasteiger partial charge in [0.1, 0.15) is 0 Å². The van der Waals surface area contributed by atoms with Gasteiger partial charge in [-0.05, 0) is 105 Å². The molecule has 0 aliphatic rings. The zero-order chi connectivity index (χ0) is 37.1. The molecule has 0 bridgehead atoms. The van der Waals surface area contributed by atoms with Crippen LogP contribution in [0.2, 0.25) is 0 Å². The summed E-state index contributed by atoms with van der Waals surface area (Å²) in [4.78, 5) is 0. The average molecular weight is 702 g/mol. The van der Waals surface area contributed by atoms with Crippen LogP contribution >= 0.6 is 0 Å². The molecule has 9 rings (SSSR count). The van der Waals surface area contributed by atoms with E-state index >= 15 is 0 Å². The molecule has 3 heteroatoms. The molecule has 0 spiro atoms. The Morgan fingerprint density at radius 3 is 1.53 bits per heavy atom. The molecule has 55 heavy (non-hydrogen) atoms. The van der Waals surface area contributed by atoms with E-state index in [0.717, 1.165) is 50.2 Å². The second-order valence-electron chi connectivity index (χ2n) is 13.9. The van der Waals surface area contributed by atoms with Gasteiger partial charge in [-0.1, -0.05) is 152 Å². The quantitative estimate of drug-likeness (QED) is 0.158. The minimum atomic E-state index is 0.652. The number of hydrogen-bond acceptors (Lipinski definition) is 2. The SMILES string of the molecule is N#Cc1ccccc1-c1ccccc1Cc1ccccc1-c1ccc(Cc2ccccc2-c2cccc(-n3c4ccccc4c4ccccc43)c2)cc1C#N. The third kappa shape index (κ3) is 6.25. The van der Waals surface area contributed by atoms with E-state index in [-0.39, 0.29) is 0 Å². The highest BCUT2D eigenvalue weighted by Crippen LogP contribution is 2.36. The van der Waals surface area contributed by atoms with E-state index in [2.05, 4.69) is 162 Å². The van der Waals surface area contributed by atoms with Crippen LogP contribution in [0.1, 0.15) is 33.4 Å². The summed E-state index contributed by atoms with van der Waals surface area (Å²) in [7, 11) is 0. The first-order valence-corrected chi connectivity index (χ1v) is 18.6. The maximum Gasteiger partial charge on any atom is 0.0998 e. The van der Waals surface area contributed by atoms with Crippen LogP contribution in [0.25, 0.3) is 60.9 Å². The molecule has 0 saturated heterocycles. The van der Waals surface area contributed by atoms with Crippen molar-refractivity contribution in [2.45, 2.75) is 12.8 Å². The minimum absolute atomic E-state index is 0.652. The van der Waals surface area contributed by atoms with Crippen LogP contribution < -0.4 is 0 Å². The largest absolute Gasteiger partial charge is 0.309 e. The van der Waals surface area contributed by atoms with Gasteiger partial charge in [-0.25, -0.2) is 0 Å². The van der Waals surface area contributed by atoms with E-state index in [4.69, 9.17) is 0 Å². The average Bonchev–Trinajstić information content (AvgIpc) is 3.59. The predicted molar refractivity (Wildman–Crippen MR) is 225 cm³/mol. The van der Waals surface area contributed by atoms with E-state index in [1.165, 1.54) is 32.9 Å². The molecule has 0 amide bonds. The standard InChI is InChI=1S/C52H35N3/c53-34-41-17-4-8-23-47(41)45-21-6-2-15-38(45)32-39-16-3-7-22-46(39)48-29-28-36(31-42(48)35-54)30-37-14-1-5-20-44(37)40-18-13-19-43(33-40)55-51-26-11-9-24-49(51)50-25-10-12-27-52(50)55/h1-29,31,33H,30,32H2. The summed E-state index contributed by atoms with van der Waals surface area (Å²) in [6.07, 6.45) is 1.36. The molecule has 1 heterocycles. The number of para-hydroxylation sites is 2. The van der Waals surface area contributed by atoms with Crippen LogP contribution in [0.4, 0.5) is 0 Å². The molecule has 0 saturated carbocycles. The number of hydrogen-bond donors (Lipinski definition) is 0. The predicted octanol–water partition coefficient (Wildman–Crippen LogP) is 12.7. The summed E-state index contributed by atoms with van der Waals surface area (Å²) in [5.41, 5.74) is 15.6. The Morgan fingerprint density at radius 1 is 0.382 bits per heavy atom. The monoisotopic (exact) mass is 701 g/mol. The van der Waals surface area contributed by atoms with Crippen molar-refractivity contribution in [1.29, 1.82) is 10.5 Å². The van der Waals surface area contributed by atoms with Gasteiger partial charge in [-0.15, -0.1) is 0 Å². The number of rotatable bonds is 8. The molecule has 9 aromatic rings. The van der Waals surface area contributed by atoms with Gasteiger partial charge in [0.25, 0.3) is 0 Å². The first kappa shape index (κ1) is 33.4. The summed E-state index contributed by atoms with van der Waals surface area (Å²) in [6.45, 7) is 0. The van der Waals surface area contributed by atoms with Gasteiger partial charge < -0.3 is 4.57 Å². The summed E-state index contributed by atoms with van der Waals surface area (Å²) in [5, 5.41) is 22.8. The van der Waals surface area contributed by atoms with Gasteiger partial charge in [-0.3, -0.25) is 0 Å². The fourth-order valence-electron chi connectivity index (χ4n) is 8.11. The number of fused-ring (bicyclic) bond motifs is 3. The van der Waals surface area contributed by atoms with Crippen LogP contribution in [0.3, 0.4) is 0 Å². The number of nitrogens with zero attached hydrogens (tertiary/aromatic N) is 3. The lowest BCUT2D eigenvalue weighted by Gasteiger charge is -2.16. The maximum absolute atomic E-state index is 10.5. The van der Waals surface area contributed by atoms with Crippen LogP contribution in [-0.4, -0.2) is 4.57 Å². The smallest absolute Gasteiger partial charge is 0.0998 e. The molecule has 0 radical (unpaired) electrons. The summed E-state index contributed by atoms with van der Waals surface area (Å²) < 4.78 is 2.36. The topological polar surface area (TPSA) is 52.5 Å². The molecular formula is C52H35N3. The van der Waals surface area contributed by atoms with Gasteiger partial charge in [0, 0.05) is 16.5 Å². The van der Waals surface area contributed by atoms with Crippen LogP contribution in [0, 0.1) is 22.7 Å². The molecule has 0 N–H and O–H groups in total. The third-order valence-electron chi connectivity index (χ3n) is 10.7. The number of nitriles is 2. The van der Waals surface area contributed by atoms with Gasteiger partial charge >= 0.3 is 0 Å². The first-order chi connectivity index (χ1) is 27.2. The van der Waals surface area contributed by atoms with E-state index in [1.807, 2.05) is 42.5 Å². The van der Waals surface area contributed by atoms with E-state index in [1.54, 1.807) is 0 Å². The lowest BCUT2D eigenvalue weighted by Crippen LogP contribution is -1.98. The van der Waals surface area contributed by atoms with Crippen molar-refractivity contribution in [3.63, 3.8) is 0 Å². The first-order valence-electron chi connectivity index (χ1n) is 18.6. The third-order valence-corrected chi connectivity index (χ3v) is 10.7. The van der Waals surface area contributed by atoms with Crippen molar-refractivity contribution in [2.24, 2.45) is 0 Å².